The highest BCUT2D eigenvalue weighted by Gasteiger charge is 2.13. The number of benzene rings is 1. The minimum Gasteiger partial charge on any atom is -0.357 e. The molecule has 1 atom stereocenters. The van der Waals surface area contributed by atoms with Crippen LogP contribution in [-0.2, 0) is 21.3 Å². The van der Waals surface area contributed by atoms with Gasteiger partial charge in [0.15, 0.2) is 5.96 Å². The van der Waals surface area contributed by atoms with Crippen LogP contribution in [0.4, 0.5) is 0 Å². The Balaban J connectivity index is 2.40. The molecular formula is C18H30N4O2S. The van der Waals surface area contributed by atoms with Gasteiger partial charge >= 0.3 is 0 Å². The van der Waals surface area contributed by atoms with Crippen molar-refractivity contribution in [2.45, 2.75) is 39.0 Å². The maximum atomic E-state index is 12.1. The molecule has 0 aliphatic carbocycles. The summed E-state index contributed by atoms with van der Waals surface area (Å²) in [6.07, 6.45) is 0. The monoisotopic (exact) mass is 366 g/mol. The Morgan fingerprint density at radius 3 is 2.44 bits per heavy atom. The molecule has 0 radical (unpaired) electrons. The maximum absolute atomic E-state index is 12.1. The Bertz CT molecular complexity index is 582. The van der Waals surface area contributed by atoms with Crippen molar-refractivity contribution in [2.75, 3.05) is 25.4 Å². The first-order valence-electron chi connectivity index (χ1n) is 8.52. The number of aliphatic imine (C=N–C) groups is 1. The fourth-order valence-corrected chi connectivity index (χ4v) is 3.10. The Labute approximate surface area is 153 Å². The number of hydrogen-bond donors (Lipinski definition) is 3. The van der Waals surface area contributed by atoms with Crippen LogP contribution in [0.2, 0.25) is 0 Å². The summed E-state index contributed by atoms with van der Waals surface area (Å²) in [6.45, 7) is 9.03. The molecule has 6 nitrogen and oxygen atoms in total. The van der Waals surface area contributed by atoms with E-state index >= 15 is 0 Å². The molecule has 0 aromatic heterocycles. The van der Waals surface area contributed by atoms with Gasteiger partial charge in [0.2, 0.25) is 5.91 Å². The van der Waals surface area contributed by atoms with Gasteiger partial charge in [-0.25, -0.2) is 4.99 Å². The smallest absolute Gasteiger partial charge is 0.242 e. The molecular weight excluding hydrogens is 336 g/mol. The number of hydrogen-bond acceptors (Lipinski definition) is 3. The molecule has 1 rings (SSSR count). The predicted octanol–water partition coefficient (Wildman–Crippen LogP) is 1.41. The standard InChI is InChI=1S/C18H30N4O2S/c1-5-19-17(21-13-16(23)22-18(2,3)4)20-11-12-25(24)14-15-9-7-6-8-10-15/h6-10H,5,11-14H2,1-4H3,(H,22,23)(H2,19,20,21). The van der Waals surface area contributed by atoms with E-state index in [2.05, 4.69) is 20.9 Å². The van der Waals surface area contributed by atoms with E-state index in [0.717, 1.165) is 5.56 Å². The first kappa shape index (κ1) is 21.2. The van der Waals surface area contributed by atoms with E-state index in [4.69, 9.17) is 0 Å². The third-order valence-corrected chi connectivity index (χ3v) is 4.35. The van der Waals surface area contributed by atoms with Crippen LogP contribution in [0.15, 0.2) is 35.3 Å². The summed E-state index contributed by atoms with van der Waals surface area (Å²) in [5, 5.41) is 9.07. The molecule has 3 N–H and O–H groups in total. The highest BCUT2D eigenvalue weighted by Crippen LogP contribution is 2.02. The Kier molecular flexibility index (Phi) is 9.20. The summed E-state index contributed by atoms with van der Waals surface area (Å²) in [4.78, 5) is 16.1. The van der Waals surface area contributed by atoms with E-state index in [1.54, 1.807) is 0 Å². The van der Waals surface area contributed by atoms with Crippen LogP contribution in [0.1, 0.15) is 33.3 Å². The lowest BCUT2D eigenvalue weighted by Crippen LogP contribution is -2.43. The summed E-state index contributed by atoms with van der Waals surface area (Å²) >= 11 is 0. The van der Waals surface area contributed by atoms with Gasteiger partial charge in [0, 0.05) is 40.9 Å². The molecule has 25 heavy (non-hydrogen) atoms. The summed E-state index contributed by atoms with van der Waals surface area (Å²) in [6, 6.07) is 9.80. The van der Waals surface area contributed by atoms with Crippen LogP contribution >= 0.6 is 0 Å². The lowest BCUT2D eigenvalue weighted by Gasteiger charge is -2.20. The maximum Gasteiger partial charge on any atom is 0.242 e. The molecule has 0 bridgehead atoms. The number of rotatable bonds is 8. The molecule has 0 spiro atoms. The topological polar surface area (TPSA) is 82.6 Å². The van der Waals surface area contributed by atoms with Crippen molar-refractivity contribution < 1.29 is 9.00 Å². The lowest BCUT2D eigenvalue weighted by atomic mass is 10.1. The van der Waals surface area contributed by atoms with Crippen LogP contribution in [-0.4, -0.2) is 47.0 Å². The molecule has 7 heteroatoms. The molecule has 1 aromatic carbocycles. The van der Waals surface area contributed by atoms with Crippen molar-refractivity contribution in [3.8, 4) is 0 Å². The highest BCUT2D eigenvalue weighted by atomic mass is 32.2. The van der Waals surface area contributed by atoms with E-state index in [1.807, 2.05) is 58.0 Å². The van der Waals surface area contributed by atoms with E-state index in [1.165, 1.54) is 0 Å². The van der Waals surface area contributed by atoms with E-state index in [0.29, 0.717) is 30.6 Å². The minimum absolute atomic E-state index is 0.0553. The third kappa shape index (κ3) is 10.6. The number of guanidine groups is 1. The van der Waals surface area contributed by atoms with Gasteiger partial charge in [-0.1, -0.05) is 30.3 Å². The summed E-state index contributed by atoms with van der Waals surface area (Å²) in [7, 11) is -0.942. The number of carbonyl (C=O) groups is 1. The van der Waals surface area contributed by atoms with Crippen molar-refractivity contribution >= 4 is 22.7 Å². The molecule has 140 valence electrons. The molecule has 1 unspecified atom stereocenters. The zero-order valence-corrected chi connectivity index (χ0v) is 16.4. The van der Waals surface area contributed by atoms with E-state index < -0.39 is 10.8 Å². The molecule has 0 aliphatic heterocycles. The fourth-order valence-electron chi connectivity index (χ4n) is 2.07. The van der Waals surface area contributed by atoms with Gasteiger partial charge in [-0.15, -0.1) is 0 Å². The minimum atomic E-state index is -0.942. The molecule has 0 heterocycles. The highest BCUT2D eigenvalue weighted by molar-refractivity contribution is 7.84. The van der Waals surface area contributed by atoms with E-state index in [9.17, 15) is 9.00 Å². The quantitative estimate of drug-likeness (QED) is 0.480. The second kappa shape index (κ2) is 10.9. The Hall–Kier alpha value is -1.89. The van der Waals surface area contributed by atoms with Crippen LogP contribution in [0.5, 0.6) is 0 Å². The van der Waals surface area contributed by atoms with Crippen LogP contribution in [0.25, 0.3) is 0 Å². The average molecular weight is 367 g/mol. The lowest BCUT2D eigenvalue weighted by molar-refractivity contribution is -0.121. The van der Waals surface area contributed by atoms with Gasteiger partial charge < -0.3 is 16.0 Å². The van der Waals surface area contributed by atoms with Gasteiger partial charge in [0.25, 0.3) is 0 Å². The zero-order valence-electron chi connectivity index (χ0n) is 15.6. The van der Waals surface area contributed by atoms with E-state index in [-0.39, 0.29) is 18.0 Å². The number of carbonyl (C=O) groups excluding carboxylic acids is 1. The second-order valence-electron chi connectivity index (χ2n) is 6.69. The van der Waals surface area contributed by atoms with Crippen molar-refractivity contribution in [3.63, 3.8) is 0 Å². The van der Waals surface area contributed by atoms with Crippen molar-refractivity contribution in [1.29, 1.82) is 0 Å². The van der Waals surface area contributed by atoms with Crippen molar-refractivity contribution in [1.82, 2.24) is 16.0 Å². The van der Waals surface area contributed by atoms with Gasteiger partial charge in [0.05, 0.1) is 0 Å². The molecule has 1 amide bonds. The van der Waals surface area contributed by atoms with Crippen LogP contribution in [0, 0.1) is 0 Å². The summed E-state index contributed by atoms with van der Waals surface area (Å²) in [5.41, 5.74) is 0.799. The number of nitrogens with zero attached hydrogens (tertiary/aromatic N) is 1. The van der Waals surface area contributed by atoms with Gasteiger partial charge in [-0.2, -0.15) is 0 Å². The summed E-state index contributed by atoms with van der Waals surface area (Å²) < 4.78 is 12.1. The number of amides is 1. The van der Waals surface area contributed by atoms with Gasteiger partial charge in [-0.3, -0.25) is 9.00 Å². The molecule has 1 aromatic rings. The normalized spacial score (nSPS) is 13.2. The molecule has 0 fully saturated rings. The SMILES string of the molecule is CCNC(=NCC(=O)NC(C)(C)C)NCCS(=O)Cc1ccccc1. The van der Waals surface area contributed by atoms with Gasteiger partial charge in [0.1, 0.15) is 6.54 Å². The zero-order chi connectivity index (χ0) is 18.7. The van der Waals surface area contributed by atoms with Crippen molar-refractivity contribution in [2.24, 2.45) is 4.99 Å². The fraction of sp³-hybridized carbons (Fsp3) is 0.556. The summed E-state index contributed by atoms with van der Waals surface area (Å²) in [5.74, 6) is 1.50. The predicted molar refractivity (Wildman–Crippen MR) is 105 cm³/mol. The first-order valence-corrected chi connectivity index (χ1v) is 10.0. The second-order valence-corrected chi connectivity index (χ2v) is 8.27. The number of nitrogens with one attached hydrogen (secondary N) is 3. The van der Waals surface area contributed by atoms with Crippen LogP contribution < -0.4 is 16.0 Å². The van der Waals surface area contributed by atoms with Crippen molar-refractivity contribution in [3.05, 3.63) is 35.9 Å². The first-order chi connectivity index (χ1) is 11.8. The Morgan fingerprint density at radius 2 is 1.84 bits per heavy atom. The molecule has 0 aliphatic rings. The largest absolute Gasteiger partial charge is 0.357 e. The van der Waals surface area contributed by atoms with Gasteiger partial charge in [-0.05, 0) is 33.3 Å². The average Bonchev–Trinajstić information content (AvgIpc) is 2.52. The Morgan fingerprint density at radius 1 is 1.16 bits per heavy atom. The molecule has 0 saturated carbocycles. The molecule has 0 saturated heterocycles. The van der Waals surface area contributed by atoms with Crippen LogP contribution in [0.3, 0.4) is 0 Å². The third-order valence-electron chi connectivity index (χ3n) is 3.03.